The second kappa shape index (κ2) is 8.00. The first-order valence-corrected chi connectivity index (χ1v) is 8.90. The van der Waals surface area contributed by atoms with Crippen molar-refractivity contribution in [3.8, 4) is 0 Å². The molecule has 1 heterocycles. The lowest BCUT2D eigenvalue weighted by Gasteiger charge is -2.26. The number of amides is 3. The van der Waals surface area contributed by atoms with Crippen LogP contribution >= 0.6 is 0 Å². The van der Waals surface area contributed by atoms with Gasteiger partial charge in [-0.3, -0.25) is 29.4 Å². The summed E-state index contributed by atoms with van der Waals surface area (Å²) < 4.78 is 0. The van der Waals surface area contributed by atoms with Crippen molar-refractivity contribution >= 4 is 29.2 Å². The standard InChI is InChI=1S/C22H20N2O4/c1-14-17-10-6-7-11-18(17)22(28)24(14)20(21(27)23-15(2)25)19(26)13-12-16-8-4-3-5-9-16/h3-11,20H,1,12-13H2,2H3,(H,23,25,27). The quantitative estimate of drug-likeness (QED) is 0.785. The first kappa shape index (κ1) is 19.2. The normalized spacial score (nSPS) is 13.8. The Bertz CT molecular complexity index is 931. The molecule has 1 atom stereocenters. The minimum atomic E-state index is -1.44. The largest absolute Gasteiger partial charge is 0.297 e. The zero-order chi connectivity index (χ0) is 20.3. The fourth-order valence-electron chi connectivity index (χ4n) is 3.27. The summed E-state index contributed by atoms with van der Waals surface area (Å²) in [5.41, 5.74) is 2.17. The van der Waals surface area contributed by atoms with Gasteiger partial charge in [0.2, 0.25) is 5.91 Å². The molecule has 0 aliphatic carbocycles. The fourth-order valence-corrected chi connectivity index (χ4v) is 3.27. The van der Waals surface area contributed by atoms with Crippen molar-refractivity contribution in [2.45, 2.75) is 25.8 Å². The number of aryl methyl sites for hydroxylation is 1. The Balaban J connectivity index is 1.88. The number of ketones is 1. The number of nitrogens with zero attached hydrogens (tertiary/aromatic N) is 1. The molecular weight excluding hydrogens is 356 g/mol. The molecule has 3 amide bonds. The van der Waals surface area contributed by atoms with E-state index in [1.54, 1.807) is 24.3 Å². The zero-order valence-electron chi connectivity index (χ0n) is 15.5. The average molecular weight is 376 g/mol. The van der Waals surface area contributed by atoms with Crippen LogP contribution in [0.15, 0.2) is 61.2 Å². The predicted octanol–water partition coefficient (Wildman–Crippen LogP) is 2.35. The maximum absolute atomic E-state index is 13.0. The molecule has 0 aromatic heterocycles. The van der Waals surface area contributed by atoms with Gasteiger partial charge in [0.25, 0.3) is 11.8 Å². The molecule has 2 aromatic carbocycles. The molecule has 0 spiro atoms. The third kappa shape index (κ3) is 3.76. The van der Waals surface area contributed by atoms with Gasteiger partial charge in [0, 0.05) is 30.2 Å². The second-order valence-corrected chi connectivity index (χ2v) is 6.57. The fraction of sp³-hybridized carbons (Fsp3) is 0.182. The highest BCUT2D eigenvalue weighted by Gasteiger charge is 2.42. The number of carbonyl (C=O) groups is 4. The van der Waals surface area contributed by atoms with Crippen LogP contribution in [0.1, 0.15) is 34.8 Å². The molecule has 1 aliphatic rings. The van der Waals surface area contributed by atoms with E-state index in [0.717, 1.165) is 10.5 Å². The highest BCUT2D eigenvalue weighted by Crippen LogP contribution is 2.33. The molecule has 0 radical (unpaired) electrons. The third-order valence-electron chi connectivity index (χ3n) is 4.59. The highest BCUT2D eigenvalue weighted by atomic mass is 16.2. The molecule has 0 fully saturated rings. The van der Waals surface area contributed by atoms with Gasteiger partial charge >= 0.3 is 0 Å². The smallest absolute Gasteiger partial charge is 0.260 e. The van der Waals surface area contributed by atoms with E-state index in [0.29, 0.717) is 17.5 Å². The number of fused-ring (bicyclic) bond motifs is 1. The topological polar surface area (TPSA) is 83.6 Å². The number of carbonyl (C=O) groups excluding carboxylic acids is 4. The third-order valence-corrected chi connectivity index (χ3v) is 4.59. The summed E-state index contributed by atoms with van der Waals surface area (Å²) in [5, 5.41) is 2.13. The second-order valence-electron chi connectivity index (χ2n) is 6.57. The van der Waals surface area contributed by atoms with Gasteiger partial charge in [0.05, 0.1) is 0 Å². The summed E-state index contributed by atoms with van der Waals surface area (Å²) in [5.74, 6) is -2.35. The van der Waals surface area contributed by atoms with Crippen LogP contribution in [0.3, 0.4) is 0 Å². The lowest BCUT2D eigenvalue weighted by Crippen LogP contribution is -2.52. The van der Waals surface area contributed by atoms with Crippen molar-refractivity contribution < 1.29 is 19.2 Å². The lowest BCUT2D eigenvalue weighted by molar-refractivity contribution is -0.136. The van der Waals surface area contributed by atoms with Crippen molar-refractivity contribution in [3.05, 3.63) is 77.9 Å². The van der Waals surface area contributed by atoms with Crippen molar-refractivity contribution in [3.63, 3.8) is 0 Å². The number of hydrogen-bond donors (Lipinski definition) is 1. The van der Waals surface area contributed by atoms with E-state index >= 15 is 0 Å². The molecule has 0 bridgehead atoms. The monoisotopic (exact) mass is 376 g/mol. The first-order valence-electron chi connectivity index (χ1n) is 8.90. The van der Waals surface area contributed by atoms with Crippen LogP contribution in [0, 0.1) is 0 Å². The Labute approximate surface area is 162 Å². The zero-order valence-corrected chi connectivity index (χ0v) is 15.5. The average Bonchev–Trinajstić information content (AvgIpc) is 2.92. The van der Waals surface area contributed by atoms with Gasteiger partial charge < -0.3 is 0 Å². The Morgan fingerprint density at radius 1 is 1.00 bits per heavy atom. The molecule has 1 N–H and O–H groups in total. The molecule has 1 unspecified atom stereocenters. The van der Waals surface area contributed by atoms with Crippen LogP contribution in [-0.2, 0) is 20.8 Å². The molecule has 3 rings (SSSR count). The van der Waals surface area contributed by atoms with E-state index in [1.165, 1.54) is 6.92 Å². The molecule has 2 aromatic rings. The van der Waals surface area contributed by atoms with Gasteiger partial charge in [-0.25, -0.2) is 0 Å². The summed E-state index contributed by atoms with van der Waals surface area (Å²) in [7, 11) is 0. The van der Waals surface area contributed by atoms with E-state index < -0.39 is 29.5 Å². The number of Topliss-reactive ketones (excluding diaryl/α,β-unsaturated/α-hetero) is 1. The van der Waals surface area contributed by atoms with Crippen LogP contribution in [0.2, 0.25) is 0 Å². The molecule has 28 heavy (non-hydrogen) atoms. The maximum atomic E-state index is 13.0. The molecule has 6 nitrogen and oxygen atoms in total. The van der Waals surface area contributed by atoms with Gasteiger partial charge in [-0.15, -0.1) is 0 Å². The Morgan fingerprint density at radius 2 is 1.61 bits per heavy atom. The maximum Gasteiger partial charge on any atom is 0.260 e. The molecule has 6 heteroatoms. The lowest BCUT2D eigenvalue weighted by atomic mass is 10.0. The summed E-state index contributed by atoms with van der Waals surface area (Å²) in [6.07, 6.45) is 0.471. The van der Waals surface area contributed by atoms with Gasteiger partial charge in [0.15, 0.2) is 11.8 Å². The van der Waals surface area contributed by atoms with E-state index in [-0.39, 0.29) is 12.1 Å². The minimum Gasteiger partial charge on any atom is -0.297 e. The number of benzene rings is 2. The van der Waals surface area contributed by atoms with Crippen LogP contribution < -0.4 is 5.32 Å². The summed E-state index contributed by atoms with van der Waals surface area (Å²) in [6.45, 7) is 5.08. The number of rotatable bonds is 6. The summed E-state index contributed by atoms with van der Waals surface area (Å²) in [6, 6.07) is 14.7. The molecular formula is C22H20N2O4. The Hall–Kier alpha value is -3.54. The minimum absolute atomic E-state index is 0.0490. The van der Waals surface area contributed by atoms with Gasteiger partial charge in [-0.05, 0) is 18.1 Å². The van der Waals surface area contributed by atoms with Crippen molar-refractivity contribution in [1.29, 1.82) is 0 Å². The SMILES string of the molecule is C=C1c2ccccc2C(=O)N1C(C(=O)CCc1ccccc1)C(=O)NC(C)=O. The summed E-state index contributed by atoms with van der Waals surface area (Å²) >= 11 is 0. The van der Waals surface area contributed by atoms with Gasteiger partial charge in [0.1, 0.15) is 0 Å². The Morgan fingerprint density at radius 3 is 2.21 bits per heavy atom. The van der Waals surface area contributed by atoms with Crippen molar-refractivity contribution in [1.82, 2.24) is 10.2 Å². The highest BCUT2D eigenvalue weighted by molar-refractivity contribution is 6.18. The Kier molecular flexibility index (Phi) is 5.49. The van der Waals surface area contributed by atoms with E-state index in [9.17, 15) is 19.2 Å². The number of imide groups is 1. The van der Waals surface area contributed by atoms with Crippen LogP contribution in [-0.4, -0.2) is 34.4 Å². The van der Waals surface area contributed by atoms with Crippen LogP contribution in [0.4, 0.5) is 0 Å². The van der Waals surface area contributed by atoms with Gasteiger partial charge in [-0.2, -0.15) is 0 Å². The van der Waals surface area contributed by atoms with E-state index in [1.807, 2.05) is 30.3 Å². The molecule has 0 saturated carbocycles. The van der Waals surface area contributed by atoms with E-state index in [4.69, 9.17) is 0 Å². The van der Waals surface area contributed by atoms with Crippen molar-refractivity contribution in [2.24, 2.45) is 0 Å². The molecule has 142 valence electrons. The molecule has 1 aliphatic heterocycles. The number of hydrogen-bond acceptors (Lipinski definition) is 4. The van der Waals surface area contributed by atoms with Crippen LogP contribution in [0.25, 0.3) is 5.70 Å². The predicted molar refractivity (Wildman–Crippen MR) is 104 cm³/mol. The molecule has 0 saturated heterocycles. The van der Waals surface area contributed by atoms with Crippen molar-refractivity contribution in [2.75, 3.05) is 0 Å². The van der Waals surface area contributed by atoms with Crippen LogP contribution in [0.5, 0.6) is 0 Å². The first-order chi connectivity index (χ1) is 13.4. The number of nitrogens with one attached hydrogen (secondary N) is 1. The van der Waals surface area contributed by atoms with E-state index in [2.05, 4.69) is 11.9 Å². The summed E-state index contributed by atoms with van der Waals surface area (Å²) in [4.78, 5) is 51.0. The van der Waals surface area contributed by atoms with Gasteiger partial charge in [-0.1, -0.05) is 55.1 Å².